The van der Waals surface area contributed by atoms with E-state index in [4.69, 9.17) is 0 Å². The summed E-state index contributed by atoms with van der Waals surface area (Å²) in [4.78, 5) is 2.66. The third-order valence-electron chi connectivity index (χ3n) is 3.65. The van der Waals surface area contributed by atoms with E-state index in [2.05, 4.69) is 17.1 Å². The maximum Gasteiger partial charge on any atom is 0.00682 e. The van der Waals surface area contributed by atoms with Crippen LogP contribution in [0, 0.1) is 5.92 Å². The Morgan fingerprint density at radius 2 is 2.07 bits per heavy atom. The van der Waals surface area contributed by atoms with Crippen molar-refractivity contribution < 1.29 is 0 Å². The van der Waals surface area contributed by atoms with Gasteiger partial charge in [-0.3, -0.25) is 0 Å². The third-order valence-corrected chi connectivity index (χ3v) is 3.65. The predicted octanol–water partition coefficient (Wildman–Crippen LogP) is 2.25. The van der Waals surface area contributed by atoms with Crippen molar-refractivity contribution in [2.75, 3.05) is 26.2 Å². The number of piperidine rings is 1. The fraction of sp³-hybridized carbons (Fsp3) is 1.00. The van der Waals surface area contributed by atoms with Gasteiger partial charge in [-0.25, -0.2) is 0 Å². The highest BCUT2D eigenvalue weighted by Crippen LogP contribution is 2.18. The first-order valence-electron chi connectivity index (χ1n) is 6.80. The Hall–Kier alpha value is -0.0800. The number of hydrogen-bond donors (Lipinski definition) is 1. The van der Waals surface area contributed by atoms with Gasteiger partial charge in [0.1, 0.15) is 0 Å². The molecular weight excluding hydrogens is 184 g/mol. The molecule has 2 fully saturated rings. The minimum Gasteiger partial charge on any atom is -0.314 e. The Balaban J connectivity index is 1.45. The van der Waals surface area contributed by atoms with E-state index in [0.29, 0.717) is 0 Å². The topological polar surface area (TPSA) is 15.3 Å². The SMILES string of the molecule is CC1CCCN(CCCCNC2CC2)C1. The zero-order valence-electron chi connectivity index (χ0n) is 10.2. The fourth-order valence-electron chi connectivity index (χ4n) is 2.54. The van der Waals surface area contributed by atoms with Crippen molar-refractivity contribution >= 4 is 0 Å². The number of nitrogens with zero attached hydrogens (tertiary/aromatic N) is 1. The summed E-state index contributed by atoms with van der Waals surface area (Å²) in [5.74, 6) is 0.934. The first-order chi connectivity index (χ1) is 7.34. The van der Waals surface area contributed by atoms with E-state index in [-0.39, 0.29) is 0 Å². The number of likely N-dealkylation sites (tertiary alicyclic amines) is 1. The Morgan fingerprint density at radius 1 is 1.20 bits per heavy atom. The summed E-state index contributed by atoms with van der Waals surface area (Å²) in [6.07, 6.45) is 8.45. The van der Waals surface area contributed by atoms with E-state index in [9.17, 15) is 0 Å². The van der Waals surface area contributed by atoms with Crippen LogP contribution in [0.2, 0.25) is 0 Å². The molecule has 2 aliphatic rings. The molecule has 1 atom stereocenters. The second kappa shape index (κ2) is 5.86. The standard InChI is InChI=1S/C13H26N2/c1-12-5-4-10-15(11-12)9-3-2-8-14-13-6-7-13/h12-14H,2-11H2,1H3. The molecule has 1 saturated carbocycles. The van der Waals surface area contributed by atoms with Gasteiger partial charge in [-0.1, -0.05) is 6.92 Å². The summed E-state index contributed by atoms with van der Waals surface area (Å²) in [6, 6.07) is 0.889. The molecule has 0 aromatic rings. The van der Waals surface area contributed by atoms with Crippen molar-refractivity contribution in [2.45, 2.75) is 51.5 Å². The third kappa shape index (κ3) is 4.52. The predicted molar refractivity (Wildman–Crippen MR) is 65.1 cm³/mol. The molecule has 1 saturated heterocycles. The maximum atomic E-state index is 3.58. The second-order valence-corrected chi connectivity index (χ2v) is 5.48. The van der Waals surface area contributed by atoms with Crippen molar-refractivity contribution in [1.82, 2.24) is 10.2 Å². The lowest BCUT2D eigenvalue weighted by molar-refractivity contribution is 0.181. The molecule has 2 heteroatoms. The van der Waals surface area contributed by atoms with Crippen LogP contribution >= 0.6 is 0 Å². The highest BCUT2D eigenvalue weighted by atomic mass is 15.1. The Kier molecular flexibility index (Phi) is 4.45. The minimum atomic E-state index is 0.889. The minimum absolute atomic E-state index is 0.889. The van der Waals surface area contributed by atoms with Gasteiger partial charge < -0.3 is 10.2 Å². The number of unbranched alkanes of at least 4 members (excludes halogenated alkanes) is 1. The molecule has 1 aliphatic heterocycles. The van der Waals surface area contributed by atoms with E-state index >= 15 is 0 Å². The van der Waals surface area contributed by atoms with Crippen LogP contribution < -0.4 is 5.32 Å². The summed E-state index contributed by atoms with van der Waals surface area (Å²) in [5, 5.41) is 3.58. The molecule has 0 aromatic carbocycles. The lowest BCUT2D eigenvalue weighted by Crippen LogP contribution is -2.35. The Labute approximate surface area is 94.4 Å². The molecule has 2 nitrogen and oxygen atoms in total. The van der Waals surface area contributed by atoms with E-state index in [1.54, 1.807) is 0 Å². The van der Waals surface area contributed by atoms with Crippen LogP contribution in [-0.4, -0.2) is 37.1 Å². The molecule has 1 N–H and O–H groups in total. The number of rotatable bonds is 6. The van der Waals surface area contributed by atoms with Crippen LogP contribution in [0.1, 0.15) is 45.4 Å². The molecule has 0 spiro atoms. The second-order valence-electron chi connectivity index (χ2n) is 5.48. The molecule has 1 heterocycles. The van der Waals surface area contributed by atoms with Crippen LogP contribution in [0.3, 0.4) is 0 Å². The van der Waals surface area contributed by atoms with Gasteiger partial charge in [0, 0.05) is 12.6 Å². The van der Waals surface area contributed by atoms with Crippen LogP contribution in [0.4, 0.5) is 0 Å². The van der Waals surface area contributed by atoms with Gasteiger partial charge in [-0.15, -0.1) is 0 Å². The molecule has 88 valence electrons. The van der Waals surface area contributed by atoms with E-state index in [1.807, 2.05) is 0 Å². The fourth-order valence-corrected chi connectivity index (χ4v) is 2.54. The molecule has 2 rings (SSSR count). The van der Waals surface area contributed by atoms with Gasteiger partial charge >= 0.3 is 0 Å². The van der Waals surface area contributed by atoms with E-state index in [0.717, 1.165) is 12.0 Å². The normalized spacial score (nSPS) is 28.2. The maximum absolute atomic E-state index is 3.58. The molecule has 0 amide bonds. The Morgan fingerprint density at radius 3 is 2.80 bits per heavy atom. The first kappa shape index (κ1) is 11.4. The number of nitrogens with one attached hydrogen (secondary N) is 1. The summed E-state index contributed by atoms with van der Waals surface area (Å²) >= 11 is 0. The number of hydrogen-bond acceptors (Lipinski definition) is 2. The molecule has 1 aliphatic carbocycles. The highest BCUT2D eigenvalue weighted by molar-refractivity contribution is 4.80. The van der Waals surface area contributed by atoms with Crippen molar-refractivity contribution in [3.05, 3.63) is 0 Å². The van der Waals surface area contributed by atoms with Gasteiger partial charge in [0.05, 0.1) is 0 Å². The van der Waals surface area contributed by atoms with Crippen molar-refractivity contribution in [3.8, 4) is 0 Å². The summed E-state index contributed by atoms with van der Waals surface area (Å²) in [5.41, 5.74) is 0. The average molecular weight is 210 g/mol. The molecule has 15 heavy (non-hydrogen) atoms. The largest absolute Gasteiger partial charge is 0.314 e. The zero-order valence-corrected chi connectivity index (χ0v) is 10.2. The molecule has 0 aromatic heterocycles. The summed E-state index contributed by atoms with van der Waals surface area (Å²) in [7, 11) is 0. The molecule has 0 bridgehead atoms. The van der Waals surface area contributed by atoms with Gasteiger partial charge in [0.25, 0.3) is 0 Å². The van der Waals surface area contributed by atoms with Crippen molar-refractivity contribution in [3.63, 3.8) is 0 Å². The van der Waals surface area contributed by atoms with Crippen LogP contribution in [0.5, 0.6) is 0 Å². The lowest BCUT2D eigenvalue weighted by Gasteiger charge is -2.30. The summed E-state index contributed by atoms with van der Waals surface area (Å²) < 4.78 is 0. The smallest absolute Gasteiger partial charge is 0.00682 e. The lowest BCUT2D eigenvalue weighted by atomic mass is 10.0. The molecule has 0 radical (unpaired) electrons. The molecular formula is C13H26N2. The quantitative estimate of drug-likeness (QED) is 0.676. The van der Waals surface area contributed by atoms with Crippen molar-refractivity contribution in [1.29, 1.82) is 0 Å². The van der Waals surface area contributed by atoms with Crippen LogP contribution in [0.15, 0.2) is 0 Å². The molecule has 1 unspecified atom stereocenters. The van der Waals surface area contributed by atoms with Crippen molar-refractivity contribution in [2.24, 2.45) is 5.92 Å². The highest BCUT2D eigenvalue weighted by Gasteiger charge is 2.19. The summed E-state index contributed by atoms with van der Waals surface area (Å²) in [6.45, 7) is 7.65. The average Bonchev–Trinajstić information content (AvgIpc) is 3.01. The monoisotopic (exact) mass is 210 g/mol. The van der Waals surface area contributed by atoms with Gasteiger partial charge in [0.15, 0.2) is 0 Å². The van der Waals surface area contributed by atoms with Gasteiger partial charge in [0.2, 0.25) is 0 Å². The first-order valence-corrected chi connectivity index (χ1v) is 6.80. The van der Waals surface area contributed by atoms with E-state index in [1.165, 1.54) is 64.7 Å². The van der Waals surface area contributed by atoms with Gasteiger partial charge in [-0.2, -0.15) is 0 Å². The van der Waals surface area contributed by atoms with Crippen LogP contribution in [0.25, 0.3) is 0 Å². The van der Waals surface area contributed by atoms with Gasteiger partial charge in [-0.05, 0) is 64.1 Å². The zero-order chi connectivity index (χ0) is 10.5. The van der Waals surface area contributed by atoms with E-state index < -0.39 is 0 Å². The Bertz CT molecular complexity index is 177. The van der Waals surface area contributed by atoms with Crippen LogP contribution in [-0.2, 0) is 0 Å².